The van der Waals surface area contributed by atoms with Crippen molar-refractivity contribution in [2.24, 2.45) is 0 Å². The van der Waals surface area contributed by atoms with Crippen LogP contribution in [-0.2, 0) is 11.2 Å². The molecule has 0 bridgehead atoms. The zero-order chi connectivity index (χ0) is 20.8. The number of fused-ring (bicyclic) bond motifs is 1. The first-order valence-electron chi connectivity index (χ1n) is 11.1. The predicted molar refractivity (Wildman–Crippen MR) is 121 cm³/mol. The van der Waals surface area contributed by atoms with Gasteiger partial charge in [-0.05, 0) is 37.3 Å². The highest BCUT2D eigenvalue weighted by atomic mass is 16.5. The van der Waals surface area contributed by atoms with Crippen molar-refractivity contribution < 1.29 is 9.53 Å². The van der Waals surface area contributed by atoms with Crippen molar-refractivity contribution in [1.82, 2.24) is 10.2 Å². The van der Waals surface area contributed by atoms with E-state index in [-0.39, 0.29) is 11.9 Å². The molecule has 0 unspecified atom stereocenters. The van der Waals surface area contributed by atoms with E-state index in [4.69, 9.17) is 4.74 Å². The van der Waals surface area contributed by atoms with Crippen LogP contribution in [0.5, 0.6) is 5.75 Å². The van der Waals surface area contributed by atoms with E-state index in [2.05, 4.69) is 58.8 Å². The summed E-state index contributed by atoms with van der Waals surface area (Å²) in [7, 11) is 1.71. The minimum Gasteiger partial charge on any atom is -0.496 e. The van der Waals surface area contributed by atoms with Gasteiger partial charge in [0.2, 0.25) is 5.91 Å². The molecule has 2 aliphatic heterocycles. The normalized spacial score (nSPS) is 24.8. The fourth-order valence-electron chi connectivity index (χ4n) is 5.00. The van der Waals surface area contributed by atoms with Crippen molar-refractivity contribution in [3.8, 4) is 5.75 Å². The molecule has 1 N–H and O–H groups in total. The second-order valence-electron chi connectivity index (χ2n) is 8.41. The number of amides is 1. The Morgan fingerprint density at radius 2 is 1.90 bits per heavy atom. The Kier molecular flexibility index (Phi) is 6.85. The molecule has 4 heteroatoms. The highest BCUT2D eigenvalue weighted by Gasteiger charge is 2.41. The summed E-state index contributed by atoms with van der Waals surface area (Å²) in [5, 5.41) is 3.33. The first-order chi connectivity index (χ1) is 14.7. The molecule has 4 nitrogen and oxygen atoms in total. The molecule has 0 saturated carbocycles. The lowest BCUT2D eigenvalue weighted by molar-refractivity contribution is -0.122. The molecule has 30 heavy (non-hydrogen) atoms. The van der Waals surface area contributed by atoms with Crippen LogP contribution in [0.4, 0.5) is 0 Å². The number of methoxy groups -OCH3 is 1. The summed E-state index contributed by atoms with van der Waals surface area (Å²) in [6.07, 6.45) is 10.4. The average Bonchev–Trinajstić information content (AvgIpc) is 3.05. The Morgan fingerprint density at radius 3 is 2.73 bits per heavy atom. The van der Waals surface area contributed by atoms with Crippen LogP contribution in [0.25, 0.3) is 6.08 Å². The van der Waals surface area contributed by atoms with Gasteiger partial charge in [-0.25, -0.2) is 0 Å². The molecular formula is C26H32N2O2. The first-order valence-corrected chi connectivity index (χ1v) is 11.1. The van der Waals surface area contributed by atoms with Gasteiger partial charge in [-0.15, -0.1) is 0 Å². The van der Waals surface area contributed by atoms with Crippen LogP contribution in [0.1, 0.15) is 43.2 Å². The fourth-order valence-corrected chi connectivity index (χ4v) is 5.00. The number of nitrogens with zero attached hydrogens (tertiary/aromatic N) is 1. The largest absolute Gasteiger partial charge is 0.496 e. The van der Waals surface area contributed by atoms with Gasteiger partial charge in [-0.3, -0.25) is 9.69 Å². The average molecular weight is 405 g/mol. The van der Waals surface area contributed by atoms with E-state index in [1.165, 1.54) is 5.56 Å². The van der Waals surface area contributed by atoms with Crippen molar-refractivity contribution >= 4 is 12.0 Å². The van der Waals surface area contributed by atoms with Crippen LogP contribution in [0.2, 0.25) is 0 Å². The molecule has 1 amide bonds. The lowest BCUT2D eigenvalue weighted by Crippen LogP contribution is -2.46. The molecule has 0 spiro atoms. The highest BCUT2D eigenvalue weighted by molar-refractivity contribution is 5.76. The van der Waals surface area contributed by atoms with Gasteiger partial charge in [0.1, 0.15) is 5.75 Å². The number of nitrogens with one attached hydrogen (secondary N) is 1. The molecule has 0 aliphatic carbocycles. The van der Waals surface area contributed by atoms with Crippen LogP contribution in [0, 0.1) is 0 Å². The summed E-state index contributed by atoms with van der Waals surface area (Å²) in [5.41, 5.74) is 2.46. The van der Waals surface area contributed by atoms with E-state index < -0.39 is 0 Å². The zero-order valence-corrected chi connectivity index (χ0v) is 17.8. The maximum absolute atomic E-state index is 12.3. The fraction of sp³-hybridized carbons (Fsp3) is 0.423. The summed E-state index contributed by atoms with van der Waals surface area (Å²) in [6.45, 7) is 0.882. The molecule has 0 radical (unpaired) electrons. The third-order valence-electron chi connectivity index (χ3n) is 6.45. The molecule has 3 atom stereocenters. The van der Waals surface area contributed by atoms with Gasteiger partial charge in [0.05, 0.1) is 7.11 Å². The van der Waals surface area contributed by atoms with Crippen LogP contribution < -0.4 is 10.1 Å². The third kappa shape index (κ3) is 4.93. The van der Waals surface area contributed by atoms with Gasteiger partial charge in [0.25, 0.3) is 0 Å². The van der Waals surface area contributed by atoms with Gasteiger partial charge in [-0.2, -0.15) is 0 Å². The van der Waals surface area contributed by atoms with E-state index in [9.17, 15) is 4.79 Å². The number of hydrogen-bond donors (Lipinski definition) is 1. The SMILES string of the molecule is COc1ccccc1C=CCN1[C@H](Cc2ccccc2)C[C@@H]2NC(=O)CCCC[C@H]21. The Labute approximate surface area is 179 Å². The van der Waals surface area contributed by atoms with Gasteiger partial charge in [0, 0.05) is 36.7 Å². The topological polar surface area (TPSA) is 41.6 Å². The van der Waals surface area contributed by atoms with Crippen LogP contribution in [0.15, 0.2) is 60.7 Å². The Bertz CT molecular complexity index is 864. The van der Waals surface area contributed by atoms with Crippen molar-refractivity contribution in [3.05, 3.63) is 71.8 Å². The molecule has 2 aromatic carbocycles. The van der Waals surface area contributed by atoms with Crippen molar-refractivity contribution in [2.75, 3.05) is 13.7 Å². The summed E-state index contributed by atoms with van der Waals surface area (Å²) in [6, 6.07) is 19.9. The summed E-state index contributed by atoms with van der Waals surface area (Å²) < 4.78 is 5.48. The smallest absolute Gasteiger partial charge is 0.220 e. The molecule has 2 heterocycles. The summed E-state index contributed by atoms with van der Waals surface area (Å²) in [5.74, 6) is 1.11. The van der Waals surface area contributed by atoms with Crippen LogP contribution >= 0.6 is 0 Å². The number of rotatable bonds is 6. The lowest BCUT2D eigenvalue weighted by atomic mass is 9.97. The van der Waals surface area contributed by atoms with E-state index in [0.29, 0.717) is 18.5 Å². The molecular weight excluding hydrogens is 372 g/mol. The minimum absolute atomic E-state index is 0.217. The second kappa shape index (κ2) is 9.94. The number of carbonyl (C=O) groups is 1. The van der Waals surface area contributed by atoms with Crippen molar-refractivity contribution in [1.29, 1.82) is 0 Å². The molecule has 0 aromatic heterocycles. The number of carbonyl (C=O) groups excluding carboxylic acids is 1. The van der Waals surface area contributed by atoms with E-state index in [0.717, 1.165) is 50.0 Å². The Morgan fingerprint density at radius 1 is 1.10 bits per heavy atom. The predicted octanol–water partition coefficient (Wildman–Crippen LogP) is 4.45. The van der Waals surface area contributed by atoms with Crippen LogP contribution in [0.3, 0.4) is 0 Å². The number of benzene rings is 2. The lowest BCUT2D eigenvalue weighted by Gasteiger charge is -2.32. The zero-order valence-electron chi connectivity index (χ0n) is 17.8. The van der Waals surface area contributed by atoms with Gasteiger partial charge in [-0.1, -0.05) is 67.1 Å². The van der Waals surface area contributed by atoms with E-state index >= 15 is 0 Å². The third-order valence-corrected chi connectivity index (χ3v) is 6.45. The standard InChI is InChI=1S/C26H32N2O2/c1-30-25-15-7-5-12-21(25)13-9-17-28-22(18-20-10-3-2-4-11-20)19-23-24(28)14-6-8-16-26(29)27-23/h2-5,7,9-13,15,22-24H,6,8,14,16-19H2,1H3,(H,27,29)/t22-,23+,24-/m1/s1. The van der Waals surface area contributed by atoms with E-state index in [1.807, 2.05) is 18.2 Å². The monoisotopic (exact) mass is 404 g/mol. The minimum atomic E-state index is 0.217. The van der Waals surface area contributed by atoms with Gasteiger partial charge < -0.3 is 10.1 Å². The number of likely N-dealkylation sites (tertiary alicyclic amines) is 1. The van der Waals surface area contributed by atoms with Gasteiger partial charge in [0.15, 0.2) is 0 Å². The maximum Gasteiger partial charge on any atom is 0.220 e. The van der Waals surface area contributed by atoms with Crippen molar-refractivity contribution in [3.63, 3.8) is 0 Å². The molecule has 4 rings (SSSR count). The number of para-hydroxylation sites is 1. The molecule has 2 fully saturated rings. The Balaban J connectivity index is 1.53. The second-order valence-corrected chi connectivity index (χ2v) is 8.41. The molecule has 158 valence electrons. The van der Waals surface area contributed by atoms with Crippen molar-refractivity contribution in [2.45, 2.75) is 56.7 Å². The Hall–Kier alpha value is -2.59. The highest BCUT2D eigenvalue weighted by Crippen LogP contribution is 2.32. The maximum atomic E-state index is 12.3. The summed E-state index contributed by atoms with van der Waals surface area (Å²) >= 11 is 0. The quantitative estimate of drug-likeness (QED) is 0.773. The van der Waals surface area contributed by atoms with Gasteiger partial charge >= 0.3 is 0 Å². The first kappa shape index (κ1) is 20.7. The van der Waals surface area contributed by atoms with Crippen LogP contribution in [-0.4, -0.2) is 42.6 Å². The van der Waals surface area contributed by atoms with E-state index in [1.54, 1.807) is 7.11 Å². The molecule has 2 aliphatic rings. The summed E-state index contributed by atoms with van der Waals surface area (Å²) in [4.78, 5) is 14.9. The molecule has 2 aromatic rings. The molecule has 2 saturated heterocycles. The number of hydrogen-bond acceptors (Lipinski definition) is 3. The number of ether oxygens (including phenoxy) is 1.